The van der Waals surface area contributed by atoms with Crippen LogP contribution in [0.4, 0.5) is 0 Å². The first kappa shape index (κ1) is 10.9. The van der Waals surface area contributed by atoms with Gasteiger partial charge in [0, 0.05) is 12.6 Å². The Kier molecular flexibility index (Phi) is 2.49. The Morgan fingerprint density at radius 2 is 1.88 bits per heavy atom. The van der Waals surface area contributed by atoms with Crippen molar-refractivity contribution < 1.29 is 14.2 Å². The number of hydrogen-bond donors (Lipinski definition) is 1. The van der Waals surface area contributed by atoms with Crippen molar-refractivity contribution in [2.75, 3.05) is 13.9 Å². The van der Waals surface area contributed by atoms with Crippen molar-refractivity contribution in [1.82, 2.24) is 0 Å². The molecule has 17 heavy (non-hydrogen) atoms. The molecule has 0 aromatic heterocycles. The van der Waals surface area contributed by atoms with Crippen LogP contribution in [0, 0.1) is 0 Å². The highest BCUT2D eigenvalue weighted by Gasteiger charge is 2.38. The molecule has 1 heterocycles. The summed E-state index contributed by atoms with van der Waals surface area (Å²) in [5.74, 6) is 1.63. The first-order chi connectivity index (χ1) is 8.20. The Labute approximate surface area is 101 Å². The lowest BCUT2D eigenvalue weighted by Crippen LogP contribution is -2.25. The molecule has 2 N–H and O–H groups in total. The average Bonchev–Trinajstić information content (AvgIpc) is 2.85. The third kappa shape index (κ3) is 2.10. The van der Waals surface area contributed by atoms with Crippen molar-refractivity contribution in [2.45, 2.75) is 31.4 Å². The minimum atomic E-state index is -0.00378. The molecule has 0 radical (unpaired) electrons. The van der Waals surface area contributed by atoms with E-state index in [9.17, 15) is 0 Å². The van der Waals surface area contributed by atoms with E-state index in [1.54, 1.807) is 7.11 Å². The second kappa shape index (κ2) is 3.89. The minimum Gasteiger partial charge on any atom is -0.454 e. The summed E-state index contributed by atoms with van der Waals surface area (Å²) in [4.78, 5) is 0. The fraction of sp³-hybridized carbons (Fsp3) is 0.538. The monoisotopic (exact) mass is 235 g/mol. The van der Waals surface area contributed by atoms with Crippen molar-refractivity contribution in [2.24, 2.45) is 5.73 Å². The molecule has 0 atom stereocenters. The molecule has 4 heteroatoms. The lowest BCUT2D eigenvalue weighted by Gasteiger charge is -2.14. The lowest BCUT2D eigenvalue weighted by atomic mass is 9.99. The molecule has 2 aliphatic rings. The van der Waals surface area contributed by atoms with Gasteiger partial charge in [-0.15, -0.1) is 0 Å². The van der Waals surface area contributed by atoms with Crippen molar-refractivity contribution >= 4 is 0 Å². The molecule has 0 amide bonds. The highest BCUT2D eigenvalue weighted by molar-refractivity contribution is 5.49. The van der Waals surface area contributed by atoms with Gasteiger partial charge < -0.3 is 19.9 Å². The van der Waals surface area contributed by atoms with Gasteiger partial charge in [0.05, 0.1) is 6.61 Å². The Bertz CT molecular complexity index is 441. The molecule has 1 aliphatic carbocycles. The van der Waals surface area contributed by atoms with Crippen LogP contribution in [0.3, 0.4) is 0 Å². The number of benzene rings is 1. The molecule has 0 spiro atoms. The third-order valence-corrected chi connectivity index (χ3v) is 3.43. The molecular weight excluding hydrogens is 218 g/mol. The van der Waals surface area contributed by atoms with Crippen molar-refractivity contribution in [1.29, 1.82) is 0 Å². The van der Waals surface area contributed by atoms with Gasteiger partial charge >= 0.3 is 0 Å². The minimum absolute atomic E-state index is 0.00378. The predicted octanol–water partition coefficient (Wildman–Crippen LogP) is 1.60. The van der Waals surface area contributed by atoms with Gasteiger partial charge in [0.25, 0.3) is 0 Å². The Morgan fingerprint density at radius 1 is 1.24 bits per heavy atom. The van der Waals surface area contributed by atoms with Gasteiger partial charge in [0.2, 0.25) is 6.79 Å². The van der Waals surface area contributed by atoms with Crippen LogP contribution in [-0.2, 0) is 17.8 Å². The molecule has 1 aromatic rings. The van der Waals surface area contributed by atoms with Crippen LogP contribution in [0.1, 0.15) is 24.0 Å². The molecule has 92 valence electrons. The smallest absolute Gasteiger partial charge is 0.231 e. The number of hydrogen-bond acceptors (Lipinski definition) is 4. The zero-order chi connectivity index (χ0) is 11.9. The van der Waals surface area contributed by atoms with Gasteiger partial charge in [-0.2, -0.15) is 0 Å². The Morgan fingerprint density at radius 3 is 2.47 bits per heavy atom. The summed E-state index contributed by atoms with van der Waals surface area (Å²) < 4.78 is 16.0. The van der Waals surface area contributed by atoms with E-state index in [1.807, 2.05) is 12.1 Å². The summed E-state index contributed by atoms with van der Waals surface area (Å²) in [5, 5.41) is 0. The van der Waals surface area contributed by atoms with Crippen molar-refractivity contribution in [3.05, 3.63) is 23.3 Å². The molecule has 0 unspecified atom stereocenters. The van der Waals surface area contributed by atoms with Gasteiger partial charge in [-0.05, 0) is 42.5 Å². The quantitative estimate of drug-likeness (QED) is 0.861. The maximum Gasteiger partial charge on any atom is 0.231 e. The fourth-order valence-electron chi connectivity index (χ4n) is 2.20. The standard InChI is InChI=1S/C13H17NO3/c1-15-7-10-5-12-11(16-8-17-12)4-9(10)6-13(14)2-3-13/h4-5H,2-3,6-8,14H2,1H3. The van der Waals surface area contributed by atoms with Gasteiger partial charge in [0.1, 0.15) is 0 Å². The van der Waals surface area contributed by atoms with E-state index in [2.05, 4.69) is 0 Å². The van der Waals surface area contributed by atoms with Gasteiger partial charge in [-0.3, -0.25) is 0 Å². The number of nitrogens with two attached hydrogens (primary N) is 1. The van der Waals surface area contributed by atoms with Crippen LogP contribution >= 0.6 is 0 Å². The first-order valence-electron chi connectivity index (χ1n) is 5.89. The Balaban J connectivity index is 1.93. The molecule has 0 saturated heterocycles. The molecule has 4 nitrogen and oxygen atoms in total. The topological polar surface area (TPSA) is 53.7 Å². The molecular formula is C13H17NO3. The maximum absolute atomic E-state index is 6.18. The molecule has 0 bridgehead atoms. The lowest BCUT2D eigenvalue weighted by molar-refractivity contribution is 0.173. The SMILES string of the molecule is COCc1cc2c(cc1CC1(N)CC1)OCO2. The van der Waals surface area contributed by atoms with E-state index >= 15 is 0 Å². The normalized spacial score (nSPS) is 19.4. The van der Waals surface area contributed by atoms with E-state index in [1.165, 1.54) is 5.56 Å². The zero-order valence-corrected chi connectivity index (χ0v) is 9.99. The zero-order valence-electron chi connectivity index (χ0n) is 9.99. The number of rotatable bonds is 4. The van der Waals surface area contributed by atoms with Crippen LogP contribution in [0.15, 0.2) is 12.1 Å². The summed E-state index contributed by atoms with van der Waals surface area (Å²) in [6.45, 7) is 0.890. The summed E-state index contributed by atoms with van der Waals surface area (Å²) in [6.07, 6.45) is 3.10. The van der Waals surface area contributed by atoms with Crippen LogP contribution in [0.5, 0.6) is 11.5 Å². The van der Waals surface area contributed by atoms with E-state index in [0.29, 0.717) is 13.4 Å². The number of ether oxygens (including phenoxy) is 3. The third-order valence-electron chi connectivity index (χ3n) is 3.43. The summed E-state index contributed by atoms with van der Waals surface area (Å²) in [6, 6.07) is 4.05. The molecule has 1 saturated carbocycles. The molecule has 1 fully saturated rings. The van der Waals surface area contributed by atoms with Crippen LogP contribution < -0.4 is 15.2 Å². The van der Waals surface area contributed by atoms with Crippen molar-refractivity contribution in [3.8, 4) is 11.5 Å². The molecule has 1 aliphatic heterocycles. The highest BCUT2D eigenvalue weighted by Crippen LogP contribution is 2.40. The average molecular weight is 235 g/mol. The van der Waals surface area contributed by atoms with Gasteiger partial charge in [-0.1, -0.05) is 0 Å². The number of methoxy groups -OCH3 is 1. The van der Waals surface area contributed by atoms with Crippen LogP contribution in [-0.4, -0.2) is 19.4 Å². The highest BCUT2D eigenvalue weighted by atomic mass is 16.7. The summed E-state index contributed by atoms with van der Waals surface area (Å²) in [7, 11) is 1.70. The summed E-state index contributed by atoms with van der Waals surface area (Å²) in [5.41, 5.74) is 8.54. The van der Waals surface area contributed by atoms with E-state index in [0.717, 1.165) is 36.3 Å². The van der Waals surface area contributed by atoms with Crippen LogP contribution in [0.2, 0.25) is 0 Å². The van der Waals surface area contributed by atoms with Gasteiger partial charge in [0.15, 0.2) is 11.5 Å². The fourth-order valence-corrected chi connectivity index (χ4v) is 2.20. The maximum atomic E-state index is 6.18. The molecule has 3 rings (SSSR count). The van der Waals surface area contributed by atoms with E-state index in [4.69, 9.17) is 19.9 Å². The van der Waals surface area contributed by atoms with Crippen molar-refractivity contribution in [3.63, 3.8) is 0 Å². The van der Waals surface area contributed by atoms with Crippen LogP contribution in [0.25, 0.3) is 0 Å². The molecule has 1 aromatic carbocycles. The Hall–Kier alpha value is -1.26. The number of fused-ring (bicyclic) bond motifs is 1. The van der Waals surface area contributed by atoms with E-state index < -0.39 is 0 Å². The second-order valence-electron chi connectivity index (χ2n) is 4.95. The summed E-state index contributed by atoms with van der Waals surface area (Å²) >= 11 is 0. The second-order valence-corrected chi connectivity index (χ2v) is 4.95. The first-order valence-corrected chi connectivity index (χ1v) is 5.89. The van der Waals surface area contributed by atoms with E-state index in [-0.39, 0.29) is 5.54 Å². The largest absolute Gasteiger partial charge is 0.454 e. The van der Waals surface area contributed by atoms with Gasteiger partial charge in [-0.25, -0.2) is 0 Å². The predicted molar refractivity (Wildman–Crippen MR) is 63.1 cm³/mol.